The molecule has 1 aromatic rings. The maximum absolute atomic E-state index is 14.0. The molecule has 0 spiro atoms. The molecule has 0 radical (unpaired) electrons. The summed E-state index contributed by atoms with van der Waals surface area (Å²) >= 11 is 0. The molecule has 0 saturated carbocycles. The van der Waals surface area contributed by atoms with Crippen LogP contribution in [0.25, 0.3) is 0 Å². The normalized spacial score (nSPS) is 19.1. The summed E-state index contributed by atoms with van der Waals surface area (Å²) in [5.41, 5.74) is 0. The van der Waals surface area contributed by atoms with Gasteiger partial charge in [0, 0.05) is 24.7 Å². The first-order valence-corrected chi connectivity index (χ1v) is 7.61. The Labute approximate surface area is 117 Å². The highest BCUT2D eigenvalue weighted by Gasteiger charge is 2.27. The maximum Gasteiger partial charge on any atom is 0.243 e. The Kier molecular flexibility index (Phi) is 4.46. The number of methoxy groups -OCH3 is 2. The molecule has 1 atom stereocenters. The van der Waals surface area contributed by atoms with E-state index in [9.17, 15) is 12.8 Å². The second kappa shape index (κ2) is 5.94. The van der Waals surface area contributed by atoms with Crippen LogP contribution in [0.4, 0.5) is 4.39 Å². The highest BCUT2D eigenvalue weighted by atomic mass is 32.2. The van der Waals surface area contributed by atoms with E-state index in [1.54, 1.807) is 0 Å². The average Bonchev–Trinajstić information content (AvgIpc) is 2.90. The summed E-state index contributed by atoms with van der Waals surface area (Å²) in [7, 11) is -1.22. The van der Waals surface area contributed by atoms with Gasteiger partial charge in [-0.2, -0.15) is 0 Å². The fourth-order valence-corrected chi connectivity index (χ4v) is 3.42. The third-order valence-electron chi connectivity index (χ3n) is 3.11. The number of nitrogens with one attached hydrogen (secondary N) is 2. The first kappa shape index (κ1) is 15.0. The Morgan fingerprint density at radius 2 is 1.95 bits per heavy atom. The van der Waals surface area contributed by atoms with Gasteiger partial charge in [-0.15, -0.1) is 0 Å². The van der Waals surface area contributed by atoms with Crippen LogP contribution in [-0.4, -0.2) is 41.8 Å². The fraction of sp³-hybridized carbons (Fsp3) is 0.500. The van der Waals surface area contributed by atoms with Crippen molar-refractivity contribution in [2.24, 2.45) is 0 Å². The van der Waals surface area contributed by atoms with Gasteiger partial charge < -0.3 is 14.8 Å². The molecule has 1 fully saturated rings. The minimum Gasteiger partial charge on any atom is -0.493 e. The summed E-state index contributed by atoms with van der Waals surface area (Å²) in [6.07, 6.45) is 0.675. The van der Waals surface area contributed by atoms with Crippen LogP contribution >= 0.6 is 0 Å². The highest BCUT2D eigenvalue weighted by molar-refractivity contribution is 7.89. The summed E-state index contributed by atoms with van der Waals surface area (Å²) in [6, 6.07) is 1.90. The zero-order chi connectivity index (χ0) is 14.8. The Morgan fingerprint density at radius 1 is 1.30 bits per heavy atom. The molecule has 1 heterocycles. The van der Waals surface area contributed by atoms with Gasteiger partial charge in [0.2, 0.25) is 10.0 Å². The molecule has 2 rings (SSSR count). The number of hydrogen-bond donors (Lipinski definition) is 2. The minimum absolute atomic E-state index is 0.145. The van der Waals surface area contributed by atoms with E-state index in [0.29, 0.717) is 13.0 Å². The van der Waals surface area contributed by atoms with E-state index >= 15 is 0 Å². The largest absolute Gasteiger partial charge is 0.493 e. The highest BCUT2D eigenvalue weighted by Crippen LogP contribution is 2.31. The van der Waals surface area contributed by atoms with E-state index in [4.69, 9.17) is 9.47 Å². The number of benzene rings is 1. The first-order valence-electron chi connectivity index (χ1n) is 6.12. The topological polar surface area (TPSA) is 76.7 Å². The molecule has 0 aromatic heterocycles. The Hall–Kier alpha value is -1.38. The van der Waals surface area contributed by atoms with Crippen LogP contribution < -0.4 is 19.5 Å². The van der Waals surface area contributed by atoms with Crippen molar-refractivity contribution in [2.45, 2.75) is 17.4 Å². The van der Waals surface area contributed by atoms with Gasteiger partial charge in [0.15, 0.2) is 11.5 Å². The molecule has 0 unspecified atom stereocenters. The standard InChI is InChI=1S/C12H17FN2O4S/c1-18-10-5-9(13)12(6-11(10)19-2)20(16,17)15-8-3-4-14-7-8/h5-6,8,14-15H,3-4,7H2,1-2H3/t8-/m0/s1. The predicted molar refractivity (Wildman–Crippen MR) is 71.1 cm³/mol. The van der Waals surface area contributed by atoms with E-state index in [1.807, 2.05) is 0 Å². The van der Waals surface area contributed by atoms with Crippen molar-refractivity contribution in [1.29, 1.82) is 0 Å². The Balaban J connectivity index is 2.35. The second-order valence-electron chi connectivity index (χ2n) is 4.45. The molecule has 20 heavy (non-hydrogen) atoms. The SMILES string of the molecule is COc1cc(F)c(S(=O)(=O)N[C@H]2CCNC2)cc1OC. The van der Waals surface area contributed by atoms with Gasteiger partial charge >= 0.3 is 0 Å². The molecule has 6 nitrogen and oxygen atoms in total. The zero-order valence-corrected chi connectivity index (χ0v) is 12.1. The smallest absolute Gasteiger partial charge is 0.243 e. The summed E-state index contributed by atoms with van der Waals surface area (Å²) in [5.74, 6) is -0.564. The lowest BCUT2D eigenvalue weighted by Crippen LogP contribution is -2.36. The third-order valence-corrected chi connectivity index (χ3v) is 4.65. The third kappa shape index (κ3) is 3.02. The number of hydrogen-bond acceptors (Lipinski definition) is 5. The molecule has 8 heteroatoms. The van der Waals surface area contributed by atoms with Gasteiger partial charge in [-0.1, -0.05) is 0 Å². The molecule has 0 amide bonds. The van der Waals surface area contributed by atoms with E-state index in [1.165, 1.54) is 14.2 Å². The monoisotopic (exact) mass is 304 g/mol. The van der Waals surface area contributed by atoms with Gasteiger partial charge in [0.1, 0.15) is 10.7 Å². The summed E-state index contributed by atoms with van der Waals surface area (Å²) in [6.45, 7) is 1.27. The summed E-state index contributed by atoms with van der Waals surface area (Å²) in [4.78, 5) is -0.443. The van der Waals surface area contributed by atoms with Gasteiger partial charge in [0.05, 0.1) is 14.2 Å². The molecule has 1 aliphatic rings. The molecule has 1 aromatic carbocycles. The number of sulfonamides is 1. The molecular weight excluding hydrogens is 287 g/mol. The average molecular weight is 304 g/mol. The van der Waals surface area contributed by atoms with Crippen molar-refractivity contribution in [3.8, 4) is 11.5 Å². The lowest BCUT2D eigenvalue weighted by atomic mass is 10.3. The number of ether oxygens (including phenoxy) is 2. The molecule has 0 aliphatic carbocycles. The van der Waals surface area contributed by atoms with Crippen LogP contribution in [0.3, 0.4) is 0 Å². The van der Waals surface area contributed by atoms with Crippen molar-refractivity contribution >= 4 is 10.0 Å². The van der Waals surface area contributed by atoms with Crippen LogP contribution in [0.2, 0.25) is 0 Å². The lowest BCUT2D eigenvalue weighted by Gasteiger charge is -2.14. The lowest BCUT2D eigenvalue weighted by molar-refractivity contribution is 0.350. The molecule has 2 N–H and O–H groups in total. The van der Waals surface area contributed by atoms with E-state index in [-0.39, 0.29) is 17.5 Å². The van der Waals surface area contributed by atoms with Gasteiger partial charge in [-0.25, -0.2) is 17.5 Å². The predicted octanol–water partition coefficient (Wildman–Crippen LogP) is 0.483. The molecular formula is C12H17FN2O4S. The van der Waals surface area contributed by atoms with Crippen molar-refractivity contribution in [3.63, 3.8) is 0 Å². The van der Waals surface area contributed by atoms with Crippen LogP contribution in [0.1, 0.15) is 6.42 Å². The van der Waals surface area contributed by atoms with Crippen LogP contribution in [-0.2, 0) is 10.0 Å². The Bertz CT molecular complexity index is 585. The van der Waals surface area contributed by atoms with E-state index in [2.05, 4.69) is 10.0 Å². The van der Waals surface area contributed by atoms with Crippen molar-refractivity contribution in [1.82, 2.24) is 10.0 Å². The van der Waals surface area contributed by atoms with Gasteiger partial charge in [-0.3, -0.25) is 0 Å². The van der Waals surface area contributed by atoms with Gasteiger partial charge in [-0.05, 0) is 13.0 Å². The van der Waals surface area contributed by atoms with Crippen LogP contribution in [0.15, 0.2) is 17.0 Å². The van der Waals surface area contributed by atoms with Crippen molar-refractivity contribution in [2.75, 3.05) is 27.3 Å². The van der Waals surface area contributed by atoms with Crippen LogP contribution in [0, 0.1) is 5.82 Å². The molecule has 0 bridgehead atoms. The summed E-state index contributed by atoms with van der Waals surface area (Å²) in [5, 5.41) is 3.04. The minimum atomic E-state index is -3.93. The number of rotatable bonds is 5. The summed E-state index contributed by atoms with van der Waals surface area (Å²) < 4.78 is 50.8. The number of halogens is 1. The van der Waals surface area contributed by atoms with Gasteiger partial charge in [0.25, 0.3) is 0 Å². The van der Waals surface area contributed by atoms with E-state index < -0.39 is 20.7 Å². The quantitative estimate of drug-likeness (QED) is 0.827. The Morgan fingerprint density at radius 3 is 2.50 bits per heavy atom. The first-order chi connectivity index (χ1) is 9.47. The molecule has 1 aliphatic heterocycles. The van der Waals surface area contributed by atoms with Crippen molar-refractivity contribution < 1.29 is 22.3 Å². The molecule has 1 saturated heterocycles. The fourth-order valence-electron chi connectivity index (χ4n) is 2.08. The molecule has 112 valence electrons. The van der Waals surface area contributed by atoms with Crippen LogP contribution in [0.5, 0.6) is 11.5 Å². The van der Waals surface area contributed by atoms with Crippen molar-refractivity contribution in [3.05, 3.63) is 17.9 Å². The van der Waals surface area contributed by atoms with E-state index in [0.717, 1.165) is 18.7 Å². The maximum atomic E-state index is 14.0. The second-order valence-corrected chi connectivity index (χ2v) is 6.13. The zero-order valence-electron chi connectivity index (χ0n) is 11.3.